The van der Waals surface area contributed by atoms with Crippen LogP contribution < -0.4 is 5.32 Å². The van der Waals surface area contributed by atoms with E-state index in [1.54, 1.807) is 46.4 Å². The summed E-state index contributed by atoms with van der Waals surface area (Å²) in [6.45, 7) is 1.46. The van der Waals surface area contributed by atoms with Crippen molar-refractivity contribution in [1.82, 2.24) is 40.2 Å². The van der Waals surface area contributed by atoms with Crippen molar-refractivity contribution in [1.29, 1.82) is 0 Å². The van der Waals surface area contributed by atoms with Crippen LogP contribution in [0, 0.1) is 0 Å². The molecule has 39 heavy (non-hydrogen) atoms. The van der Waals surface area contributed by atoms with E-state index in [4.69, 9.17) is 16.0 Å². The minimum Gasteiger partial charge on any atom is -0.420 e. The second kappa shape index (κ2) is 10.3. The molecule has 12 heteroatoms. The molecule has 0 bridgehead atoms. The van der Waals surface area contributed by atoms with Gasteiger partial charge >= 0.3 is 0 Å². The third kappa shape index (κ3) is 5.13. The highest BCUT2D eigenvalue weighted by Gasteiger charge is 2.20. The SMILES string of the molecule is Cn1cc(-c2cnc3[nH]cc(-c4nnc(Cc5ccc(C(=O)NCC(=O)N6CCCC6)cc5Cl)o4)c3c2)cn1. The number of H-pyrrole nitrogens is 1. The maximum atomic E-state index is 12.5. The topological polar surface area (TPSA) is 135 Å². The van der Waals surface area contributed by atoms with Crippen LogP contribution in [0.2, 0.25) is 5.02 Å². The summed E-state index contributed by atoms with van der Waals surface area (Å²) >= 11 is 6.49. The van der Waals surface area contributed by atoms with E-state index < -0.39 is 0 Å². The van der Waals surface area contributed by atoms with E-state index in [2.05, 4.69) is 30.6 Å². The van der Waals surface area contributed by atoms with Gasteiger partial charge in [0.15, 0.2) is 0 Å². The molecule has 6 rings (SSSR count). The zero-order chi connectivity index (χ0) is 26.9. The fourth-order valence-electron chi connectivity index (χ4n) is 4.67. The number of benzene rings is 1. The van der Waals surface area contributed by atoms with E-state index in [0.717, 1.165) is 53.6 Å². The Hall–Kier alpha value is -4.51. The molecule has 0 radical (unpaired) electrons. The van der Waals surface area contributed by atoms with Gasteiger partial charge in [-0.15, -0.1) is 10.2 Å². The van der Waals surface area contributed by atoms with Crippen LogP contribution in [-0.4, -0.2) is 66.3 Å². The Morgan fingerprint density at radius 1 is 1.13 bits per heavy atom. The van der Waals surface area contributed by atoms with Gasteiger partial charge in [0.25, 0.3) is 5.91 Å². The molecule has 0 saturated carbocycles. The van der Waals surface area contributed by atoms with E-state index in [-0.39, 0.29) is 18.4 Å². The van der Waals surface area contributed by atoms with Gasteiger partial charge in [-0.1, -0.05) is 17.7 Å². The fourth-order valence-corrected chi connectivity index (χ4v) is 4.92. The van der Waals surface area contributed by atoms with Crippen molar-refractivity contribution in [2.24, 2.45) is 7.05 Å². The summed E-state index contributed by atoms with van der Waals surface area (Å²) < 4.78 is 7.71. The molecule has 0 unspecified atom stereocenters. The number of hydrogen-bond acceptors (Lipinski definition) is 7. The number of aryl methyl sites for hydroxylation is 1. The smallest absolute Gasteiger partial charge is 0.251 e. The first-order valence-electron chi connectivity index (χ1n) is 12.6. The number of aromatic nitrogens is 6. The van der Waals surface area contributed by atoms with Gasteiger partial charge in [-0.05, 0) is 36.6 Å². The molecule has 5 aromatic rings. The first-order valence-corrected chi connectivity index (χ1v) is 13.0. The van der Waals surface area contributed by atoms with Crippen molar-refractivity contribution in [2.75, 3.05) is 19.6 Å². The van der Waals surface area contributed by atoms with Crippen molar-refractivity contribution in [2.45, 2.75) is 19.3 Å². The Morgan fingerprint density at radius 2 is 1.97 bits per heavy atom. The number of hydrogen-bond donors (Lipinski definition) is 2. The summed E-state index contributed by atoms with van der Waals surface area (Å²) in [7, 11) is 1.87. The van der Waals surface area contributed by atoms with Crippen LogP contribution in [0.1, 0.15) is 34.7 Å². The van der Waals surface area contributed by atoms with E-state index in [1.807, 2.05) is 19.3 Å². The Balaban J connectivity index is 1.15. The number of carbonyl (C=O) groups is 2. The zero-order valence-electron chi connectivity index (χ0n) is 21.1. The minimum atomic E-state index is -0.352. The number of rotatable bonds is 7. The number of nitrogens with one attached hydrogen (secondary N) is 2. The monoisotopic (exact) mass is 544 g/mol. The van der Waals surface area contributed by atoms with Crippen molar-refractivity contribution in [3.63, 3.8) is 0 Å². The standard InChI is InChI=1S/C27H25ClN8O3/c1-35-15-19(12-32-35)18-8-20-21(13-30-25(20)29-11-18)27-34-33-23(39-27)10-16-4-5-17(9-22(16)28)26(38)31-14-24(37)36-6-2-3-7-36/h4-5,8-9,11-13,15H,2-3,6-7,10,14H2,1H3,(H,29,30)(H,31,38). The summed E-state index contributed by atoms with van der Waals surface area (Å²) in [4.78, 5) is 34.2. The molecule has 0 aliphatic carbocycles. The molecule has 2 amide bonds. The second-order valence-corrected chi connectivity index (χ2v) is 9.89. The van der Waals surface area contributed by atoms with Gasteiger partial charge in [0.2, 0.25) is 17.7 Å². The lowest BCUT2D eigenvalue weighted by Gasteiger charge is -2.15. The molecule has 2 N–H and O–H groups in total. The number of carbonyl (C=O) groups excluding carboxylic acids is 2. The first kappa shape index (κ1) is 24.8. The van der Waals surface area contributed by atoms with Gasteiger partial charge in [-0.2, -0.15) is 5.10 Å². The molecule has 198 valence electrons. The maximum Gasteiger partial charge on any atom is 0.251 e. The third-order valence-corrected chi connectivity index (χ3v) is 7.13. The molecule has 1 aliphatic heterocycles. The normalized spacial score (nSPS) is 13.3. The first-order chi connectivity index (χ1) is 18.9. The van der Waals surface area contributed by atoms with Gasteiger partial charge in [0, 0.05) is 65.8 Å². The largest absolute Gasteiger partial charge is 0.420 e. The Labute approximate surface area is 228 Å². The molecular formula is C27H25ClN8O3. The summed E-state index contributed by atoms with van der Waals surface area (Å²) in [5.74, 6) is 0.312. The highest BCUT2D eigenvalue weighted by atomic mass is 35.5. The van der Waals surface area contributed by atoms with E-state index in [0.29, 0.717) is 34.4 Å². The van der Waals surface area contributed by atoms with Gasteiger partial charge in [0.1, 0.15) is 5.65 Å². The minimum absolute atomic E-state index is 0.0317. The Bertz CT molecular complexity index is 1680. The highest BCUT2D eigenvalue weighted by Crippen LogP contribution is 2.31. The molecule has 11 nitrogen and oxygen atoms in total. The van der Waals surface area contributed by atoms with Crippen molar-refractivity contribution < 1.29 is 14.0 Å². The lowest BCUT2D eigenvalue weighted by molar-refractivity contribution is -0.129. The zero-order valence-corrected chi connectivity index (χ0v) is 21.9. The van der Waals surface area contributed by atoms with Gasteiger partial charge in [0.05, 0.1) is 24.7 Å². The van der Waals surface area contributed by atoms with Crippen LogP contribution in [0.25, 0.3) is 33.6 Å². The van der Waals surface area contributed by atoms with Crippen LogP contribution in [0.3, 0.4) is 0 Å². The fraction of sp³-hybridized carbons (Fsp3) is 0.259. The molecule has 1 fully saturated rings. The van der Waals surface area contributed by atoms with E-state index in [1.165, 1.54) is 0 Å². The Kier molecular flexibility index (Phi) is 6.57. The number of halogens is 1. The van der Waals surface area contributed by atoms with Crippen LogP contribution in [-0.2, 0) is 18.3 Å². The summed E-state index contributed by atoms with van der Waals surface area (Å²) in [6, 6.07) is 7.00. The van der Waals surface area contributed by atoms with Crippen LogP contribution >= 0.6 is 11.6 Å². The van der Waals surface area contributed by atoms with E-state index in [9.17, 15) is 9.59 Å². The van der Waals surface area contributed by atoms with Crippen LogP contribution in [0.4, 0.5) is 0 Å². The van der Waals surface area contributed by atoms with Gasteiger partial charge in [-0.25, -0.2) is 4.98 Å². The molecular weight excluding hydrogens is 520 g/mol. The maximum absolute atomic E-state index is 12.5. The van der Waals surface area contributed by atoms with Crippen molar-refractivity contribution >= 4 is 34.4 Å². The van der Waals surface area contributed by atoms with Crippen molar-refractivity contribution in [3.05, 3.63) is 71.1 Å². The number of amides is 2. The highest BCUT2D eigenvalue weighted by molar-refractivity contribution is 6.31. The van der Waals surface area contributed by atoms with Gasteiger partial charge < -0.3 is 19.6 Å². The third-order valence-electron chi connectivity index (χ3n) is 6.78. The molecule has 1 saturated heterocycles. The molecule has 4 aromatic heterocycles. The number of pyridine rings is 1. The van der Waals surface area contributed by atoms with Gasteiger partial charge in [-0.3, -0.25) is 14.3 Å². The lowest BCUT2D eigenvalue weighted by atomic mass is 10.1. The lowest BCUT2D eigenvalue weighted by Crippen LogP contribution is -2.38. The summed E-state index contributed by atoms with van der Waals surface area (Å²) in [6.07, 6.45) is 9.59. The predicted octanol–water partition coefficient (Wildman–Crippen LogP) is 3.61. The number of likely N-dealkylation sites (tertiary alicyclic amines) is 1. The number of nitrogens with zero attached hydrogens (tertiary/aromatic N) is 6. The summed E-state index contributed by atoms with van der Waals surface area (Å²) in [5.41, 5.74) is 4.43. The second-order valence-electron chi connectivity index (χ2n) is 9.48. The molecule has 0 atom stereocenters. The predicted molar refractivity (Wildman–Crippen MR) is 144 cm³/mol. The molecule has 0 spiro atoms. The number of fused-ring (bicyclic) bond motifs is 1. The quantitative estimate of drug-likeness (QED) is 0.319. The molecule has 5 heterocycles. The van der Waals surface area contributed by atoms with Crippen LogP contribution in [0.5, 0.6) is 0 Å². The Morgan fingerprint density at radius 3 is 2.74 bits per heavy atom. The van der Waals surface area contributed by atoms with Crippen LogP contribution in [0.15, 0.2) is 53.5 Å². The van der Waals surface area contributed by atoms with E-state index >= 15 is 0 Å². The average molecular weight is 545 g/mol. The molecule has 1 aromatic carbocycles. The molecule has 1 aliphatic rings. The van der Waals surface area contributed by atoms with Crippen molar-refractivity contribution in [3.8, 4) is 22.6 Å². The number of aromatic amines is 1. The average Bonchev–Trinajstić information content (AvgIpc) is 3.75. The summed E-state index contributed by atoms with van der Waals surface area (Å²) in [5, 5.41) is 16.6.